The molecule has 0 aliphatic rings. The topological polar surface area (TPSA) is 101 Å². The fourth-order valence-electron chi connectivity index (χ4n) is 2.06. The average Bonchev–Trinajstić information content (AvgIpc) is 2.44. The van der Waals surface area contributed by atoms with E-state index >= 15 is 0 Å². The van der Waals surface area contributed by atoms with Gasteiger partial charge in [0.2, 0.25) is 0 Å². The van der Waals surface area contributed by atoms with Gasteiger partial charge in [-0.1, -0.05) is 6.07 Å². The molecule has 0 aromatic carbocycles. The molecule has 0 fully saturated rings. The molecule has 0 spiro atoms. The zero-order valence-corrected chi connectivity index (χ0v) is 10.4. The van der Waals surface area contributed by atoms with Gasteiger partial charge in [0.05, 0.1) is 31.9 Å². The Balaban J connectivity index is 2.72. The minimum absolute atomic E-state index is 0.154. The van der Waals surface area contributed by atoms with E-state index in [0.29, 0.717) is 11.3 Å². The summed E-state index contributed by atoms with van der Waals surface area (Å²) in [6.07, 6.45) is 1.82. The van der Waals surface area contributed by atoms with E-state index in [1.165, 1.54) is 0 Å². The van der Waals surface area contributed by atoms with E-state index in [4.69, 9.17) is 5.11 Å². The lowest BCUT2D eigenvalue weighted by Gasteiger charge is -2.19. The first kappa shape index (κ1) is 13.7. The smallest absolute Gasteiger partial charge is 0.328 e. The van der Waals surface area contributed by atoms with Gasteiger partial charge in [-0.05, 0) is 16.8 Å². The van der Waals surface area contributed by atoms with Crippen LogP contribution in [-0.2, 0) is 6.42 Å². The Morgan fingerprint density at radius 1 is 1.21 bits per heavy atom. The summed E-state index contributed by atoms with van der Waals surface area (Å²) in [5.41, 5.74) is 1.09. The Kier molecular flexibility index (Phi) is 4.26. The second-order valence-corrected chi connectivity index (χ2v) is 4.24. The lowest BCUT2D eigenvalue weighted by Crippen LogP contribution is -2.35. The van der Waals surface area contributed by atoms with Crippen LogP contribution in [0.3, 0.4) is 0 Å². The van der Waals surface area contributed by atoms with E-state index in [1.807, 2.05) is 0 Å². The number of aliphatic hydroxyl groups excluding tert-OH is 3. The molecule has 19 heavy (non-hydrogen) atoms. The van der Waals surface area contributed by atoms with E-state index in [0.717, 1.165) is 0 Å². The second-order valence-electron chi connectivity index (χ2n) is 4.24. The van der Waals surface area contributed by atoms with Gasteiger partial charge in [-0.2, -0.15) is 0 Å². The quantitative estimate of drug-likeness (QED) is 0.570. The highest BCUT2D eigenvalue weighted by Crippen LogP contribution is 2.23. The summed E-state index contributed by atoms with van der Waals surface area (Å²) >= 11 is 0. The molecule has 2 rings (SSSR count). The Morgan fingerprint density at radius 2 is 1.95 bits per heavy atom. The number of nitrogens with zero attached hydrogens (tertiary/aromatic N) is 2. The van der Waals surface area contributed by atoms with Gasteiger partial charge in [-0.15, -0.1) is 0 Å². The summed E-state index contributed by atoms with van der Waals surface area (Å²) in [6.45, 7) is -0.829. The van der Waals surface area contributed by atoms with Crippen molar-refractivity contribution in [1.29, 1.82) is 0 Å². The molecule has 6 heteroatoms. The number of aromatic nitrogens is 2. The molecule has 0 aliphatic carbocycles. The number of aliphatic hydroxyl groups is 3. The van der Waals surface area contributed by atoms with Crippen molar-refractivity contribution in [3.05, 3.63) is 35.8 Å². The summed E-state index contributed by atoms with van der Waals surface area (Å²) in [5.74, 6) is -1.01. The molecule has 2 aromatic heterocycles. The minimum atomic E-state index is -0.664. The van der Waals surface area contributed by atoms with Crippen LogP contribution in [0.1, 0.15) is 17.3 Å². The number of fused-ring (bicyclic) bond motifs is 1. The Bertz CT molecular complexity index is 570. The summed E-state index contributed by atoms with van der Waals surface area (Å²) < 4.78 is 1.57. The van der Waals surface area contributed by atoms with Gasteiger partial charge < -0.3 is 20.4 Å². The number of rotatable bonds is 5. The molecule has 0 atom stereocenters. The fourth-order valence-corrected chi connectivity index (χ4v) is 2.06. The van der Waals surface area contributed by atoms with Gasteiger partial charge >= 0.3 is 5.65 Å². The van der Waals surface area contributed by atoms with Crippen molar-refractivity contribution in [2.75, 3.05) is 19.8 Å². The van der Waals surface area contributed by atoms with Crippen LogP contribution in [0.5, 0.6) is 5.75 Å². The highest BCUT2D eigenvalue weighted by Gasteiger charge is 2.22. The first-order chi connectivity index (χ1) is 9.22. The molecule has 2 aromatic rings. The molecule has 3 N–H and O–H groups in total. The molecule has 6 nitrogen and oxygen atoms in total. The normalized spacial score (nSPS) is 11.4. The molecule has 0 radical (unpaired) electrons. The average molecular weight is 264 g/mol. The molecule has 0 aliphatic heterocycles. The fraction of sp³-hybridized carbons (Fsp3) is 0.385. The van der Waals surface area contributed by atoms with Gasteiger partial charge in [0.15, 0.2) is 5.69 Å². The van der Waals surface area contributed by atoms with E-state index < -0.39 is 5.92 Å². The van der Waals surface area contributed by atoms with Crippen LogP contribution < -0.4 is 9.51 Å². The third-order valence-electron chi connectivity index (χ3n) is 3.02. The van der Waals surface area contributed by atoms with Crippen LogP contribution in [0.2, 0.25) is 0 Å². The van der Waals surface area contributed by atoms with E-state index in [1.54, 1.807) is 28.8 Å². The standard InChI is InChI=1S/C13H16N2O4/c16-6-4-10-13(19)12(9(7-17)8-18)15-5-2-1-3-11(15)14-10/h1-3,5,9,16-18H,4,6-8H2. The Morgan fingerprint density at radius 3 is 2.58 bits per heavy atom. The van der Waals surface area contributed by atoms with Crippen molar-refractivity contribution in [3.8, 4) is 5.75 Å². The van der Waals surface area contributed by atoms with Crippen molar-refractivity contribution >= 4 is 5.65 Å². The maximum absolute atomic E-state index is 12.3. The van der Waals surface area contributed by atoms with Crippen LogP contribution in [0.15, 0.2) is 24.4 Å². The predicted molar refractivity (Wildman–Crippen MR) is 64.5 cm³/mol. The highest BCUT2D eigenvalue weighted by atomic mass is 16.3. The first-order valence-electron chi connectivity index (χ1n) is 6.05. The van der Waals surface area contributed by atoms with Crippen LogP contribution in [0.4, 0.5) is 0 Å². The molecule has 102 valence electrons. The molecule has 2 heterocycles. The van der Waals surface area contributed by atoms with Crippen LogP contribution in [0.25, 0.3) is 5.65 Å². The van der Waals surface area contributed by atoms with Gasteiger partial charge in [0.1, 0.15) is 5.69 Å². The molecule has 0 bridgehead atoms. The van der Waals surface area contributed by atoms with Crippen LogP contribution in [0, 0.1) is 0 Å². The summed E-state index contributed by atoms with van der Waals surface area (Å²) in [6, 6.07) is 5.26. The summed E-state index contributed by atoms with van der Waals surface area (Å²) in [4.78, 5) is 4.20. The second kappa shape index (κ2) is 5.92. The maximum Gasteiger partial charge on any atom is 0.328 e. The van der Waals surface area contributed by atoms with Gasteiger partial charge in [0.25, 0.3) is 0 Å². The lowest BCUT2D eigenvalue weighted by molar-refractivity contribution is -0.533. The van der Waals surface area contributed by atoms with Crippen molar-refractivity contribution in [3.63, 3.8) is 0 Å². The zero-order chi connectivity index (χ0) is 13.8. The van der Waals surface area contributed by atoms with Crippen LogP contribution >= 0.6 is 0 Å². The summed E-state index contributed by atoms with van der Waals surface area (Å²) in [5, 5.41) is 39.9. The Hall–Kier alpha value is -1.76. The van der Waals surface area contributed by atoms with Gasteiger partial charge in [0, 0.05) is 12.5 Å². The van der Waals surface area contributed by atoms with E-state index in [9.17, 15) is 15.3 Å². The molecular formula is C13H16N2O4. The molecule has 0 saturated carbocycles. The van der Waals surface area contributed by atoms with E-state index in [2.05, 4.69) is 4.98 Å². The molecule has 0 unspecified atom stereocenters. The molecular weight excluding hydrogens is 248 g/mol. The number of pyridine rings is 1. The van der Waals surface area contributed by atoms with Crippen LogP contribution in [-0.4, -0.2) is 40.1 Å². The van der Waals surface area contributed by atoms with Crippen molar-refractivity contribution in [2.45, 2.75) is 12.3 Å². The SMILES string of the molecule is [O-]c1c(CCO)nc2cccc[n+]2c1C(CO)CO. The number of hydrogen-bond donors (Lipinski definition) is 3. The third kappa shape index (κ3) is 2.51. The number of hydrogen-bond acceptors (Lipinski definition) is 5. The zero-order valence-electron chi connectivity index (χ0n) is 10.4. The minimum Gasteiger partial charge on any atom is -0.867 e. The van der Waals surface area contributed by atoms with Crippen molar-refractivity contribution in [2.24, 2.45) is 0 Å². The van der Waals surface area contributed by atoms with Gasteiger partial charge in [-0.3, -0.25) is 0 Å². The van der Waals surface area contributed by atoms with Crippen molar-refractivity contribution in [1.82, 2.24) is 4.98 Å². The lowest BCUT2D eigenvalue weighted by atomic mass is 10.0. The molecule has 0 saturated heterocycles. The molecule has 0 amide bonds. The maximum atomic E-state index is 12.3. The highest BCUT2D eigenvalue weighted by molar-refractivity contribution is 5.38. The largest absolute Gasteiger partial charge is 0.867 e. The predicted octanol–water partition coefficient (Wildman–Crippen LogP) is -1.50. The van der Waals surface area contributed by atoms with Crippen molar-refractivity contribution < 1.29 is 24.8 Å². The third-order valence-corrected chi connectivity index (χ3v) is 3.02. The Labute approximate surface area is 110 Å². The van der Waals surface area contributed by atoms with E-state index in [-0.39, 0.29) is 37.7 Å². The first-order valence-corrected chi connectivity index (χ1v) is 6.05. The summed E-state index contributed by atoms with van der Waals surface area (Å²) in [7, 11) is 0. The van der Waals surface area contributed by atoms with Gasteiger partial charge in [-0.25, -0.2) is 4.40 Å². The monoisotopic (exact) mass is 264 g/mol.